The van der Waals surface area contributed by atoms with Crippen molar-refractivity contribution in [3.63, 3.8) is 0 Å². The summed E-state index contributed by atoms with van der Waals surface area (Å²) in [5, 5.41) is 3.79. The van der Waals surface area contributed by atoms with Crippen molar-refractivity contribution in [3.05, 3.63) is 63.9 Å². The lowest BCUT2D eigenvalue weighted by atomic mass is 10.1. The first-order valence-electron chi connectivity index (χ1n) is 6.63. The molecule has 0 fully saturated rings. The molecule has 1 amide bonds. The van der Waals surface area contributed by atoms with E-state index < -0.39 is 5.82 Å². The summed E-state index contributed by atoms with van der Waals surface area (Å²) < 4.78 is 13.6. The maximum absolute atomic E-state index is 13.6. The van der Waals surface area contributed by atoms with Crippen LogP contribution >= 0.6 is 35.0 Å². The van der Waals surface area contributed by atoms with E-state index in [4.69, 9.17) is 23.2 Å². The minimum atomic E-state index is -0.460. The SMILES string of the molecule is O=C(Cc1ccc(Cl)cc1F)NCCSc1ccc(Cl)cc1. The smallest absolute Gasteiger partial charge is 0.224 e. The molecule has 0 atom stereocenters. The molecule has 2 aromatic rings. The van der Waals surface area contributed by atoms with Crippen molar-refractivity contribution in [2.75, 3.05) is 12.3 Å². The average molecular weight is 358 g/mol. The van der Waals surface area contributed by atoms with E-state index in [1.165, 1.54) is 12.1 Å². The van der Waals surface area contributed by atoms with Crippen LogP contribution in [0.1, 0.15) is 5.56 Å². The number of benzene rings is 2. The molecule has 2 rings (SSSR count). The summed E-state index contributed by atoms with van der Waals surface area (Å²) in [6, 6.07) is 11.8. The Bertz CT molecular complexity index is 649. The number of hydrogen-bond acceptors (Lipinski definition) is 2. The number of amides is 1. The van der Waals surface area contributed by atoms with Crippen LogP contribution < -0.4 is 5.32 Å². The minimum Gasteiger partial charge on any atom is -0.355 e. The summed E-state index contributed by atoms with van der Waals surface area (Å²) in [5.41, 5.74) is 0.340. The first-order chi connectivity index (χ1) is 10.5. The van der Waals surface area contributed by atoms with Gasteiger partial charge in [0.25, 0.3) is 0 Å². The van der Waals surface area contributed by atoms with E-state index in [2.05, 4.69) is 5.32 Å². The van der Waals surface area contributed by atoms with Crippen LogP contribution in [0.15, 0.2) is 47.4 Å². The van der Waals surface area contributed by atoms with Crippen molar-refractivity contribution >= 4 is 40.9 Å². The summed E-state index contributed by atoms with van der Waals surface area (Å²) in [6.45, 7) is 0.515. The Labute approximate surface area is 143 Å². The molecular weight excluding hydrogens is 344 g/mol. The Morgan fingerprint density at radius 3 is 2.45 bits per heavy atom. The third kappa shape index (κ3) is 5.52. The van der Waals surface area contributed by atoms with Crippen molar-refractivity contribution < 1.29 is 9.18 Å². The molecule has 2 aromatic carbocycles. The molecule has 0 unspecified atom stereocenters. The maximum Gasteiger partial charge on any atom is 0.224 e. The largest absolute Gasteiger partial charge is 0.355 e. The molecule has 0 saturated heterocycles. The summed E-state index contributed by atoms with van der Waals surface area (Å²) in [4.78, 5) is 12.9. The molecule has 2 nitrogen and oxygen atoms in total. The zero-order chi connectivity index (χ0) is 15.9. The fourth-order valence-corrected chi connectivity index (χ4v) is 2.84. The Kier molecular flexibility index (Phi) is 6.55. The van der Waals surface area contributed by atoms with E-state index in [-0.39, 0.29) is 12.3 Å². The van der Waals surface area contributed by atoms with E-state index >= 15 is 0 Å². The van der Waals surface area contributed by atoms with E-state index in [0.717, 1.165) is 10.6 Å². The number of rotatable bonds is 6. The Morgan fingerprint density at radius 2 is 1.77 bits per heavy atom. The van der Waals surface area contributed by atoms with Crippen LogP contribution in [0.2, 0.25) is 10.0 Å². The van der Waals surface area contributed by atoms with Crippen LogP contribution in [0.4, 0.5) is 4.39 Å². The highest BCUT2D eigenvalue weighted by Crippen LogP contribution is 2.19. The van der Waals surface area contributed by atoms with Gasteiger partial charge in [0.05, 0.1) is 6.42 Å². The predicted molar refractivity (Wildman–Crippen MR) is 90.3 cm³/mol. The monoisotopic (exact) mass is 357 g/mol. The normalized spacial score (nSPS) is 10.5. The molecule has 1 N–H and O–H groups in total. The summed E-state index contributed by atoms with van der Waals surface area (Å²) in [6.07, 6.45) is 0.00855. The molecule has 0 aliphatic carbocycles. The van der Waals surface area contributed by atoms with Gasteiger partial charge in [-0.25, -0.2) is 4.39 Å². The van der Waals surface area contributed by atoms with Crippen molar-refractivity contribution in [2.24, 2.45) is 0 Å². The molecule has 6 heteroatoms. The van der Waals surface area contributed by atoms with Crippen molar-refractivity contribution in [1.29, 1.82) is 0 Å². The molecule has 0 heterocycles. The molecule has 116 valence electrons. The summed E-state index contributed by atoms with van der Waals surface area (Å²) in [5.74, 6) is 0.0624. The Hall–Kier alpha value is -1.23. The van der Waals surface area contributed by atoms with Crippen molar-refractivity contribution in [2.45, 2.75) is 11.3 Å². The van der Waals surface area contributed by atoms with Gasteiger partial charge >= 0.3 is 0 Å². The lowest BCUT2D eigenvalue weighted by molar-refractivity contribution is -0.120. The topological polar surface area (TPSA) is 29.1 Å². The first-order valence-corrected chi connectivity index (χ1v) is 8.38. The number of carbonyl (C=O) groups excluding carboxylic acids is 1. The van der Waals surface area contributed by atoms with Crippen LogP contribution in [0.25, 0.3) is 0 Å². The molecule has 0 radical (unpaired) electrons. The van der Waals surface area contributed by atoms with Gasteiger partial charge in [-0.1, -0.05) is 29.3 Å². The van der Waals surface area contributed by atoms with Gasteiger partial charge in [0.15, 0.2) is 0 Å². The van der Waals surface area contributed by atoms with Gasteiger partial charge < -0.3 is 5.32 Å². The number of hydrogen-bond donors (Lipinski definition) is 1. The lowest BCUT2D eigenvalue weighted by Crippen LogP contribution is -2.27. The fraction of sp³-hybridized carbons (Fsp3) is 0.188. The van der Waals surface area contributed by atoms with E-state index in [9.17, 15) is 9.18 Å². The minimum absolute atomic E-state index is 0.00855. The maximum atomic E-state index is 13.6. The summed E-state index contributed by atoms with van der Waals surface area (Å²) >= 11 is 13.1. The highest BCUT2D eigenvalue weighted by Gasteiger charge is 2.08. The lowest BCUT2D eigenvalue weighted by Gasteiger charge is -2.06. The van der Waals surface area contributed by atoms with Crippen molar-refractivity contribution in [3.8, 4) is 0 Å². The van der Waals surface area contributed by atoms with Gasteiger partial charge in [-0.3, -0.25) is 4.79 Å². The predicted octanol–water partition coefficient (Wildman–Crippen LogP) is 4.58. The van der Waals surface area contributed by atoms with Gasteiger partial charge in [0, 0.05) is 27.2 Å². The van der Waals surface area contributed by atoms with Crippen LogP contribution in [-0.2, 0) is 11.2 Å². The van der Waals surface area contributed by atoms with E-state index in [1.807, 2.05) is 24.3 Å². The molecule has 0 spiro atoms. The van der Waals surface area contributed by atoms with Crippen molar-refractivity contribution in [1.82, 2.24) is 5.32 Å². The van der Waals surface area contributed by atoms with E-state index in [1.54, 1.807) is 17.8 Å². The van der Waals surface area contributed by atoms with Crippen LogP contribution in [0, 0.1) is 5.82 Å². The molecule has 0 saturated carbocycles. The second-order valence-corrected chi connectivity index (χ2v) is 6.61. The highest BCUT2D eigenvalue weighted by molar-refractivity contribution is 7.99. The van der Waals surface area contributed by atoms with E-state index in [0.29, 0.717) is 22.2 Å². The number of nitrogens with one attached hydrogen (secondary N) is 1. The van der Waals surface area contributed by atoms with Crippen LogP contribution in [-0.4, -0.2) is 18.2 Å². The van der Waals surface area contributed by atoms with Gasteiger partial charge in [-0.05, 0) is 42.0 Å². The number of carbonyl (C=O) groups is 1. The molecule has 0 aliphatic heterocycles. The molecule has 0 aromatic heterocycles. The van der Waals surface area contributed by atoms with Gasteiger partial charge in [0.2, 0.25) is 5.91 Å². The third-order valence-corrected chi connectivity index (χ3v) is 4.37. The fourth-order valence-electron chi connectivity index (χ4n) is 1.79. The summed E-state index contributed by atoms with van der Waals surface area (Å²) in [7, 11) is 0. The molecule has 22 heavy (non-hydrogen) atoms. The van der Waals surface area contributed by atoms with Gasteiger partial charge in [0.1, 0.15) is 5.82 Å². The highest BCUT2D eigenvalue weighted by atomic mass is 35.5. The zero-order valence-electron chi connectivity index (χ0n) is 11.6. The molecular formula is C16H14Cl2FNOS. The zero-order valence-corrected chi connectivity index (χ0v) is 13.9. The third-order valence-electron chi connectivity index (χ3n) is 2.87. The number of halogens is 3. The molecule has 0 bridgehead atoms. The van der Waals surface area contributed by atoms with Gasteiger partial charge in [-0.15, -0.1) is 11.8 Å². The standard InChI is InChI=1S/C16H14Cl2FNOS/c17-12-3-5-14(6-4-12)22-8-7-20-16(21)9-11-1-2-13(18)10-15(11)19/h1-6,10H,7-9H2,(H,20,21). The molecule has 0 aliphatic rings. The van der Waals surface area contributed by atoms with Crippen LogP contribution in [0.3, 0.4) is 0 Å². The quantitative estimate of drug-likeness (QED) is 0.605. The Balaban J connectivity index is 1.72. The van der Waals surface area contributed by atoms with Gasteiger partial charge in [-0.2, -0.15) is 0 Å². The average Bonchev–Trinajstić information content (AvgIpc) is 2.48. The van der Waals surface area contributed by atoms with Crippen LogP contribution in [0.5, 0.6) is 0 Å². The second-order valence-electron chi connectivity index (χ2n) is 4.56. The first kappa shape index (κ1) is 17.1. The Morgan fingerprint density at radius 1 is 1.09 bits per heavy atom. The number of thioether (sulfide) groups is 1. The second kappa shape index (κ2) is 8.42.